The molecule has 0 aromatic heterocycles. The third kappa shape index (κ3) is 18.5. The first-order valence-corrected chi connectivity index (χ1v) is 24.0. The summed E-state index contributed by atoms with van der Waals surface area (Å²) in [5.41, 5.74) is 20.8. The number of benzene rings is 5. The van der Waals surface area contributed by atoms with E-state index in [0.717, 1.165) is 37.5 Å². The largest absolute Gasteiger partial charge is 0.399 e. The molecule has 0 fully saturated rings. The Morgan fingerprint density at radius 3 is 0.857 bits per heavy atom. The van der Waals surface area contributed by atoms with E-state index in [1.54, 1.807) is 0 Å². The van der Waals surface area contributed by atoms with Crippen molar-refractivity contribution in [3.05, 3.63) is 166 Å². The van der Waals surface area contributed by atoms with E-state index in [9.17, 15) is 0 Å². The van der Waals surface area contributed by atoms with Gasteiger partial charge in [-0.25, -0.2) is 0 Å². The summed E-state index contributed by atoms with van der Waals surface area (Å²) in [5, 5.41) is 1.62. The summed E-state index contributed by atoms with van der Waals surface area (Å²) in [6.45, 7) is 40.8. The quantitative estimate of drug-likeness (QED) is 0.108. The minimum atomic E-state index is 0. The summed E-state index contributed by atoms with van der Waals surface area (Å²) in [5.74, 6) is 0. The molecule has 5 rings (SSSR count). The summed E-state index contributed by atoms with van der Waals surface area (Å²) in [7, 11) is 0. The molecule has 0 heterocycles. The minimum absolute atomic E-state index is 0. The first-order valence-electron chi connectivity index (χ1n) is 21.6. The highest BCUT2D eigenvalue weighted by Crippen LogP contribution is 2.36. The topological polar surface area (TPSA) is 26.0 Å². The van der Waals surface area contributed by atoms with Gasteiger partial charge in [-0.05, 0) is 157 Å². The van der Waals surface area contributed by atoms with Crippen LogP contribution in [0.4, 0.5) is 5.69 Å². The Labute approximate surface area is 445 Å². The molecule has 0 bridgehead atoms. The molecule has 1 nitrogen and oxygen atoms in total. The minimum Gasteiger partial charge on any atom is -0.399 e. The van der Waals surface area contributed by atoms with Crippen LogP contribution in [0.2, 0.25) is 10.0 Å². The number of anilines is 1. The average molecular weight is 1250 g/mol. The first-order chi connectivity index (χ1) is 27.6. The number of nitrogens with two attached hydrogens (primary N) is 1. The Hall–Kier alpha value is -1.10. The van der Waals surface area contributed by atoms with Gasteiger partial charge >= 0.3 is 0 Å². The van der Waals surface area contributed by atoms with Crippen LogP contribution in [0.1, 0.15) is 180 Å². The molecule has 0 unspecified atom stereocenters. The van der Waals surface area contributed by atoms with Crippen LogP contribution >= 0.6 is 103 Å². The van der Waals surface area contributed by atoms with Gasteiger partial charge in [0.1, 0.15) is 0 Å². The van der Waals surface area contributed by atoms with E-state index in [1.807, 2.05) is 18.2 Å². The van der Waals surface area contributed by atoms with Crippen LogP contribution < -0.4 is 5.73 Å². The van der Waals surface area contributed by atoms with Crippen LogP contribution in [0.25, 0.3) is 0 Å². The number of nitrogen functional groups attached to an aromatic ring is 1. The molecule has 0 radical (unpaired) electrons. The predicted molar refractivity (Wildman–Crippen MR) is 311 cm³/mol. The second-order valence-corrected chi connectivity index (χ2v) is 25.4. The van der Waals surface area contributed by atoms with Crippen molar-refractivity contribution < 1.29 is 0 Å². The molecule has 2 N–H and O–H groups in total. The highest BCUT2D eigenvalue weighted by Gasteiger charge is 2.24. The van der Waals surface area contributed by atoms with Crippen molar-refractivity contribution in [2.24, 2.45) is 0 Å². The van der Waals surface area contributed by atoms with Crippen LogP contribution in [0, 0.1) is 0 Å². The van der Waals surface area contributed by atoms with Crippen molar-refractivity contribution in [2.75, 3.05) is 5.73 Å². The molecule has 0 saturated carbocycles. The molecule has 0 atom stereocenters. The van der Waals surface area contributed by atoms with Gasteiger partial charge in [-0.15, -0.1) is 48.0 Å². The summed E-state index contributed by atoms with van der Waals surface area (Å²) >= 11 is 19.5. The zero-order valence-electron chi connectivity index (χ0n) is 41.5. The van der Waals surface area contributed by atoms with Crippen molar-refractivity contribution in [3.8, 4) is 0 Å². The maximum atomic E-state index is 7.13. The van der Waals surface area contributed by atoms with Gasteiger partial charge in [0.2, 0.25) is 0 Å². The van der Waals surface area contributed by atoms with Crippen molar-refractivity contribution in [1.82, 2.24) is 0 Å². The molecule has 5 aromatic rings. The van der Waals surface area contributed by atoms with Gasteiger partial charge in [0, 0.05) is 19.7 Å². The molecule has 0 aliphatic rings. The fourth-order valence-corrected chi connectivity index (χ4v) is 8.05. The zero-order valence-corrected chi connectivity index (χ0v) is 50.8. The van der Waals surface area contributed by atoms with Crippen LogP contribution in [0.15, 0.2) is 99.9 Å². The lowest BCUT2D eigenvalue weighted by atomic mass is 9.78. The van der Waals surface area contributed by atoms with E-state index >= 15 is 0 Å². The van der Waals surface area contributed by atoms with Crippen LogP contribution in [-0.2, 0) is 45.3 Å². The van der Waals surface area contributed by atoms with Gasteiger partial charge in [0.05, 0.1) is 5.02 Å². The lowest BCUT2D eigenvalue weighted by molar-refractivity contribution is 0.566. The van der Waals surface area contributed by atoms with Crippen molar-refractivity contribution in [2.45, 2.75) is 170 Å². The van der Waals surface area contributed by atoms with Crippen molar-refractivity contribution >= 4 is 109 Å². The summed E-state index contributed by atoms with van der Waals surface area (Å²) < 4.78 is 1.83. The second kappa shape index (κ2) is 23.3. The van der Waals surface area contributed by atoms with Gasteiger partial charge < -0.3 is 5.73 Å². The molecule has 63 heavy (non-hydrogen) atoms. The lowest BCUT2D eigenvalue weighted by Crippen LogP contribution is -2.17. The number of rotatable bonds is 4. The molecule has 0 aliphatic heterocycles. The Morgan fingerprint density at radius 2 is 0.619 bits per heavy atom. The van der Waals surface area contributed by atoms with Gasteiger partial charge in [-0.2, -0.15) is 0 Å². The molecule has 7 heteroatoms. The Bertz CT molecular complexity index is 2060. The van der Waals surface area contributed by atoms with Gasteiger partial charge in [0.25, 0.3) is 0 Å². The maximum Gasteiger partial charge on any atom is 0.0690 e. The third-order valence-electron chi connectivity index (χ3n) is 11.0. The van der Waals surface area contributed by atoms with E-state index in [-0.39, 0.29) is 80.4 Å². The number of halogens is 6. The van der Waals surface area contributed by atoms with E-state index in [4.69, 9.17) is 28.9 Å². The Balaban J connectivity index is 0.000000623. The first kappa shape index (κ1) is 59.9. The molecule has 0 amide bonds. The van der Waals surface area contributed by atoms with Crippen molar-refractivity contribution in [1.29, 1.82) is 0 Å². The summed E-state index contributed by atoms with van der Waals surface area (Å²) in [4.78, 5) is 0. The zero-order chi connectivity index (χ0) is 46.7. The fraction of sp³-hybridized carbons (Fsp3) is 0.464. The predicted octanol–water partition coefficient (Wildman–Crippen LogP) is 19.7. The maximum absolute atomic E-state index is 7.13. The van der Waals surface area contributed by atoms with Gasteiger partial charge in [-0.3, -0.25) is 0 Å². The molecule has 0 saturated heterocycles. The Morgan fingerprint density at radius 1 is 0.381 bits per heavy atom. The number of hydrogen-bond acceptors (Lipinski definition) is 1. The highest BCUT2D eigenvalue weighted by molar-refractivity contribution is 14.0. The second-order valence-electron chi connectivity index (χ2n) is 23.0. The van der Waals surface area contributed by atoms with E-state index < -0.39 is 0 Å². The van der Waals surface area contributed by atoms with E-state index in [1.165, 1.54) is 55.6 Å². The average Bonchev–Trinajstić information content (AvgIpc) is 3.10. The molecule has 348 valence electrons. The SMILES string of the molecule is CC(C)(C)c1cc(Cc2cccc(Cc3cc(C(C)(C)C)cc(C(C)(C)C)c3)c2Cl)cc(C(C)(C)C)c1.CC(C)(C)c1cc(N)cc(C(C)(C)C)c1.Clc1c(Br)cccc1Br.I.I. The van der Waals surface area contributed by atoms with Crippen LogP contribution in [0.3, 0.4) is 0 Å². The molecule has 0 spiro atoms. The summed E-state index contributed by atoms with van der Waals surface area (Å²) in [6, 6.07) is 33.0. The number of hydrogen-bond donors (Lipinski definition) is 1. The molecule has 5 aromatic carbocycles. The molecular weight excluding hydrogens is 1170 g/mol. The molecular formula is C56H77Br2Cl2I2N. The summed E-state index contributed by atoms with van der Waals surface area (Å²) in [6.07, 6.45) is 1.68. The van der Waals surface area contributed by atoms with Gasteiger partial charge in [0.15, 0.2) is 0 Å². The van der Waals surface area contributed by atoms with Crippen molar-refractivity contribution in [3.63, 3.8) is 0 Å². The standard InChI is InChI=1S/C36H49Cl.C14H23N.C6H3Br2Cl.2HI/c1-33(2,3)28-18-24(19-29(22-28)34(4,5)6)16-26-14-13-15-27(32(26)37)17-25-20-30(35(7,8)9)23-31(21-25)36(10,11)12;1-13(2,3)10-7-11(14(4,5)6)9-12(15)8-10;7-4-2-1-3-5(8)6(4)9;;/h13-15,18-23H,16-17H2,1-12H3;7-9H,15H2,1-6H3;1-3H;2*1H. The molecule has 0 aliphatic carbocycles. The third-order valence-corrected chi connectivity index (χ3v) is 13.7. The Kier molecular flexibility index (Phi) is 22.1. The monoisotopic (exact) mass is 1250 g/mol. The lowest BCUT2D eigenvalue weighted by Gasteiger charge is -2.26. The van der Waals surface area contributed by atoms with E-state index in [0.29, 0.717) is 0 Å². The van der Waals surface area contributed by atoms with Gasteiger partial charge in [-0.1, -0.05) is 215 Å². The normalized spacial score (nSPS) is 12.2. The smallest absolute Gasteiger partial charge is 0.0690 e. The highest BCUT2D eigenvalue weighted by atomic mass is 127. The van der Waals surface area contributed by atoms with Crippen LogP contribution in [-0.4, -0.2) is 0 Å². The van der Waals surface area contributed by atoms with E-state index in [2.05, 4.69) is 229 Å². The van der Waals surface area contributed by atoms with Crippen LogP contribution in [0.5, 0.6) is 0 Å². The fourth-order valence-electron chi connectivity index (χ4n) is 6.66.